The number of anilines is 1. The molecule has 1 heterocycles. The summed E-state index contributed by atoms with van der Waals surface area (Å²) in [5, 5.41) is 13.0. The fourth-order valence-electron chi connectivity index (χ4n) is 2.21. The van der Waals surface area contributed by atoms with Crippen molar-refractivity contribution in [1.82, 2.24) is 9.97 Å². The highest BCUT2D eigenvalue weighted by molar-refractivity contribution is 5.94. The highest BCUT2D eigenvalue weighted by Gasteiger charge is 2.12. The Hall–Kier alpha value is -2.08. The third kappa shape index (κ3) is 3.52. The molecule has 21 heavy (non-hydrogen) atoms. The van der Waals surface area contributed by atoms with E-state index in [1.54, 1.807) is 14.2 Å². The lowest BCUT2D eigenvalue weighted by atomic mass is 10.2. The van der Waals surface area contributed by atoms with Crippen LogP contribution in [0, 0.1) is 0 Å². The van der Waals surface area contributed by atoms with Crippen LogP contribution >= 0.6 is 0 Å². The third-order valence-electron chi connectivity index (χ3n) is 3.28. The van der Waals surface area contributed by atoms with Gasteiger partial charge in [0.05, 0.1) is 14.2 Å². The summed E-state index contributed by atoms with van der Waals surface area (Å²) in [7, 11) is 3.20. The minimum atomic E-state index is 0.243. The second-order valence-electron chi connectivity index (χ2n) is 4.63. The molecule has 6 nitrogen and oxygen atoms in total. The molecular weight excluding hydrogens is 270 g/mol. The highest BCUT2D eigenvalue weighted by atomic mass is 16.5. The number of hydrogen-bond donors (Lipinski definition) is 2. The van der Waals surface area contributed by atoms with E-state index in [0.29, 0.717) is 11.5 Å². The van der Waals surface area contributed by atoms with Gasteiger partial charge in [0.25, 0.3) is 0 Å². The average molecular weight is 291 g/mol. The van der Waals surface area contributed by atoms with Crippen molar-refractivity contribution in [1.29, 1.82) is 0 Å². The number of hydrogen-bond acceptors (Lipinski definition) is 6. The lowest BCUT2D eigenvalue weighted by molar-refractivity contribution is 0.283. The van der Waals surface area contributed by atoms with Crippen molar-refractivity contribution in [2.75, 3.05) is 32.7 Å². The normalized spacial score (nSPS) is 10.6. The SMILES string of the molecule is COc1ccc2c(NCCCCCO)ncnc2c1OC. The smallest absolute Gasteiger partial charge is 0.187 e. The van der Waals surface area contributed by atoms with Crippen LogP contribution in [0.15, 0.2) is 18.5 Å². The number of aliphatic hydroxyl groups excluding tert-OH is 1. The number of aliphatic hydroxyl groups is 1. The Balaban J connectivity index is 2.21. The molecule has 1 aromatic heterocycles. The molecule has 2 N–H and O–H groups in total. The van der Waals surface area contributed by atoms with Gasteiger partial charge >= 0.3 is 0 Å². The van der Waals surface area contributed by atoms with Gasteiger partial charge in [-0.25, -0.2) is 9.97 Å². The Morgan fingerprint density at radius 1 is 1.10 bits per heavy atom. The van der Waals surface area contributed by atoms with Crippen LogP contribution in [0.4, 0.5) is 5.82 Å². The quantitative estimate of drug-likeness (QED) is 0.726. The molecule has 2 aromatic rings. The van der Waals surface area contributed by atoms with Crippen molar-refractivity contribution in [2.24, 2.45) is 0 Å². The number of nitrogens with zero attached hydrogens (tertiary/aromatic N) is 2. The van der Waals surface area contributed by atoms with E-state index in [2.05, 4.69) is 15.3 Å². The van der Waals surface area contributed by atoms with Crippen molar-refractivity contribution in [3.63, 3.8) is 0 Å². The Morgan fingerprint density at radius 3 is 2.67 bits per heavy atom. The van der Waals surface area contributed by atoms with Gasteiger partial charge in [0.2, 0.25) is 0 Å². The molecule has 0 saturated heterocycles. The summed E-state index contributed by atoms with van der Waals surface area (Å²) >= 11 is 0. The van der Waals surface area contributed by atoms with E-state index in [9.17, 15) is 0 Å². The molecule has 0 bridgehead atoms. The van der Waals surface area contributed by atoms with E-state index < -0.39 is 0 Å². The van der Waals surface area contributed by atoms with Crippen LogP contribution in [0.25, 0.3) is 10.9 Å². The maximum atomic E-state index is 8.76. The fraction of sp³-hybridized carbons (Fsp3) is 0.467. The van der Waals surface area contributed by atoms with Gasteiger partial charge in [-0.3, -0.25) is 0 Å². The maximum Gasteiger partial charge on any atom is 0.187 e. The predicted octanol–water partition coefficient (Wildman–Crippen LogP) is 2.22. The van der Waals surface area contributed by atoms with Crippen molar-refractivity contribution in [3.05, 3.63) is 18.5 Å². The van der Waals surface area contributed by atoms with E-state index in [0.717, 1.165) is 42.5 Å². The van der Waals surface area contributed by atoms with E-state index in [1.165, 1.54) is 6.33 Å². The average Bonchev–Trinajstić information content (AvgIpc) is 2.53. The number of unbranched alkanes of at least 4 members (excludes halogenated alkanes) is 2. The first-order valence-corrected chi connectivity index (χ1v) is 7.02. The molecule has 0 fully saturated rings. The summed E-state index contributed by atoms with van der Waals surface area (Å²) in [5.41, 5.74) is 0.727. The highest BCUT2D eigenvalue weighted by Crippen LogP contribution is 2.35. The number of nitrogens with one attached hydrogen (secondary N) is 1. The minimum Gasteiger partial charge on any atom is -0.493 e. The van der Waals surface area contributed by atoms with E-state index in [4.69, 9.17) is 14.6 Å². The Morgan fingerprint density at radius 2 is 1.95 bits per heavy atom. The predicted molar refractivity (Wildman–Crippen MR) is 82.1 cm³/mol. The van der Waals surface area contributed by atoms with Crippen molar-refractivity contribution in [3.8, 4) is 11.5 Å². The molecule has 0 aliphatic carbocycles. The molecule has 0 aliphatic rings. The molecule has 6 heteroatoms. The number of fused-ring (bicyclic) bond motifs is 1. The summed E-state index contributed by atoms with van der Waals surface area (Å²) in [6.07, 6.45) is 4.32. The number of methoxy groups -OCH3 is 2. The first-order valence-electron chi connectivity index (χ1n) is 7.02. The van der Waals surface area contributed by atoms with Gasteiger partial charge in [-0.2, -0.15) is 0 Å². The largest absolute Gasteiger partial charge is 0.493 e. The molecule has 0 aliphatic heterocycles. The summed E-state index contributed by atoms with van der Waals surface area (Å²) in [6, 6.07) is 3.77. The van der Waals surface area contributed by atoms with Crippen LogP contribution < -0.4 is 14.8 Å². The zero-order valence-electron chi connectivity index (χ0n) is 12.4. The Kier molecular flexibility index (Phi) is 5.57. The molecule has 0 amide bonds. The zero-order chi connectivity index (χ0) is 15.1. The Labute approximate surface area is 124 Å². The molecule has 2 rings (SSSR count). The number of benzene rings is 1. The first-order chi connectivity index (χ1) is 10.3. The van der Waals surface area contributed by atoms with E-state index in [-0.39, 0.29) is 6.61 Å². The van der Waals surface area contributed by atoms with Gasteiger partial charge in [-0.1, -0.05) is 0 Å². The van der Waals surface area contributed by atoms with Gasteiger partial charge in [0, 0.05) is 18.5 Å². The third-order valence-corrected chi connectivity index (χ3v) is 3.28. The molecule has 1 aromatic carbocycles. The van der Waals surface area contributed by atoms with Gasteiger partial charge in [-0.05, 0) is 31.4 Å². The fourth-order valence-corrected chi connectivity index (χ4v) is 2.21. The van der Waals surface area contributed by atoms with Crippen molar-refractivity contribution < 1.29 is 14.6 Å². The minimum absolute atomic E-state index is 0.243. The lowest BCUT2D eigenvalue weighted by Gasteiger charge is -2.12. The van der Waals surface area contributed by atoms with Crippen LogP contribution in [0.3, 0.4) is 0 Å². The molecule has 114 valence electrons. The van der Waals surface area contributed by atoms with Crippen LogP contribution in [0.1, 0.15) is 19.3 Å². The second kappa shape index (κ2) is 7.64. The Bertz CT molecular complexity index is 590. The molecule has 0 unspecified atom stereocenters. The number of aromatic nitrogens is 2. The molecule has 0 saturated carbocycles. The summed E-state index contributed by atoms with van der Waals surface area (Å²) < 4.78 is 10.7. The summed E-state index contributed by atoms with van der Waals surface area (Å²) in [6.45, 7) is 1.05. The van der Waals surface area contributed by atoms with Gasteiger partial charge in [0.15, 0.2) is 11.5 Å². The van der Waals surface area contributed by atoms with Gasteiger partial charge < -0.3 is 19.9 Å². The molecule has 0 atom stereocenters. The summed E-state index contributed by atoms with van der Waals surface area (Å²) in [4.78, 5) is 8.58. The molecule has 0 radical (unpaired) electrons. The van der Waals surface area contributed by atoms with Crippen LogP contribution in [-0.2, 0) is 0 Å². The van der Waals surface area contributed by atoms with Gasteiger partial charge in [-0.15, -0.1) is 0 Å². The number of ether oxygens (including phenoxy) is 2. The van der Waals surface area contributed by atoms with E-state index in [1.807, 2.05) is 12.1 Å². The van der Waals surface area contributed by atoms with Crippen molar-refractivity contribution >= 4 is 16.7 Å². The molecular formula is C15H21N3O3. The van der Waals surface area contributed by atoms with Crippen LogP contribution in [0.5, 0.6) is 11.5 Å². The lowest BCUT2D eigenvalue weighted by Crippen LogP contribution is -2.05. The van der Waals surface area contributed by atoms with Gasteiger partial charge in [0.1, 0.15) is 17.7 Å². The second-order valence-corrected chi connectivity index (χ2v) is 4.63. The van der Waals surface area contributed by atoms with Crippen molar-refractivity contribution in [2.45, 2.75) is 19.3 Å². The monoisotopic (exact) mass is 291 g/mol. The molecule has 0 spiro atoms. The zero-order valence-corrected chi connectivity index (χ0v) is 12.4. The first kappa shape index (κ1) is 15.3. The maximum absolute atomic E-state index is 8.76. The summed E-state index contributed by atoms with van der Waals surface area (Å²) in [5.74, 6) is 2.04. The topological polar surface area (TPSA) is 76.5 Å². The van der Waals surface area contributed by atoms with E-state index >= 15 is 0 Å². The standard InChI is InChI=1S/C15H21N3O3/c1-20-12-7-6-11-13(14(12)21-2)17-10-18-15(11)16-8-4-3-5-9-19/h6-7,10,19H,3-5,8-9H2,1-2H3,(H,16,17,18). The number of rotatable bonds is 8. The van der Waals surface area contributed by atoms with Crippen LogP contribution in [0.2, 0.25) is 0 Å². The van der Waals surface area contributed by atoms with Crippen LogP contribution in [-0.4, -0.2) is 42.4 Å².